The zero-order valence-corrected chi connectivity index (χ0v) is 10.7. The molecule has 0 spiro atoms. The number of carbonyl (C=O) groups excluding carboxylic acids is 1. The van der Waals surface area contributed by atoms with Crippen molar-refractivity contribution in [1.82, 2.24) is 0 Å². The molecule has 17 heavy (non-hydrogen) atoms. The number of benzene rings is 1. The highest BCUT2D eigenvalue weighted by Gasteiger charge is 2.26. The summed E-state index contributed by atoms with van der Waals surface area (Å²) >= 11 is 0. The van der Waals surface area contributed by atoms with Crippen LogP contribution in [0.3, 0.4) is 0 Å². The summed E-state index contributed by atoms with van der Waals surface area (Å²) in [5.41, 5.74) is 3.50. The fraction of sp³-hybridized carbons (Fsp3) is 0.429. The van der Waals surface area contributed by atoms with Gasteiger partial charge in [0.15, 0.2) is 5.78 Å². The van der Waals surface area contributed by atoms with E-state index in [1.807, 2.05) is 26.8 Å². The number of ketones is 1. The van der Waals surface area contributed by atoms with Gasteiger partial charge in [-0.25, -0.2) is 0 Å². The molecule has 1 N–H and O–H groups in total. The topological polar surface area (TPSA) is 54.4 Å². The zero-order valence-electron chi connectivity index (χ0n) is 10.7. The lowest BCUT2D eigenvalue weighted by molar-refractivity contribution is -0.140. The van der Waals surface area contributed by atoms with Gasteiger partial charge in [0.1, 0.15) is 5.92 Å². The normalized spacial score (nSPS) is 12.2. The molecule has 0 heterocycles. The Morgan fingerprint density at radius 1 is 1.12 bits per heavy atom. The Hall–Kier alpha value is -1.64. The molecule has 0 bridgehead atoms. The second kappa shape index (κ2) is 5.13. The molecule has 0 saturated carbocycles. The van der Waals surface area contributed by atoms with E-state index in [-0.39, 0.29) is 5.78 Å². The van der Waals surface area contributed by atoms with E-state index in [9.17, 15) is 9.59 Å². The van der Waals surface area contributed by atoms with E-state index in [0.29, 0.717) is 12.0 Å². The van der Waals surface area contributed by atoms with Crippen LogP contribution in [0.1, 0.15) is 40.4 Å². The average molecular weight is 234 g/mol. The quantitative estimate of drug-likeness (QED) is 0.643. The smallest absolute Gasteiger partial charge is 0.314 e. The van der Waals surface area contributed by atoms with Crippen molar-refractivity contribution in [2.24, 2.45) is 5.92 Å². The van der Waals surface area contributed by atoms with Crippen molar-refractivity contribution in [3.05, 3.63) is 34.4 Å². The third kappa shape index (κ3) is 2.73. The molecule has 1 atom stereocenters. The molecular weight excluding hydrogens is 216 g/mol. The summed E-state index contributed by atoms with van der Waals surface area (Å²) in [4.78, 5) is 23.1. The summed E-state index contributed by atoms with van der Waals surface area (Å²) in [5, 5.41) is 9.00. The monoisotopic (exact) mass is 234 g/mol. The number of hydrogen-bond acceptors (Lipinski definition) is 2. The third-order valence-corrected chi connectivity index (χ3v) is 3.13. The van der Waals surface area contributed by atoms with E-state index >= 15 is 0 Å². The first-order valence-corrected chi connectivity index (χ1v) is 5.73. The number of Topliss-reactive ketones (excluding diaryl/α,β-unsaturated/α-hetero) is 1. The highest BCUT2D eigenvalue weighted by molar-refractivity contribution is 6.09. The molecule has 0 fully saturated rings. The second-order valence-electron chi connectivity index (χ2n) is 4.41. The van der Waals surface area contributed by atoms with E-state index in [2.05, 4.69) is 0 Å². The number of aliphatic carboxylic acids is 1. The van der Waals surface area contributed by atoms with Gasteiger partial charge in [-0.15, -0.1) is 0 Å². The van der Waals surface area contributed by atoms with Crippen LogP contribution in [-0.4, -0.2) is 16.9 Å². The first-order chi connectivity index (χ1) is 7.88. The molecule has 3 nitrogen and oxygen atoms in total. The van der Waals surface area contributed by atoms with Gasteiger partial charge in [0.25, 0.3) is 0 Å². The Bertz CT molecular complexity index is 461. The Labute approximate surface area is 101 Å². The van der Waals surface area contributed by atoms with E-state index in [1.165, 1.54) is 0 Å². The lowest BCUT2D eigenvalue weighted by Gasteiger charge is -2.13. The van der Waals surface area contributed by atoms with Crippen molar-refractivity contribution in [2.75, 3.05) is 0 Å². The van der Waals surface area contributed by atoms with E-state index in [1.54, 1.807) is 13.0 Å². The van der Waals surface area contributed by atoms with Crippen LogP contribution in [0, 0.1) is 26.7 Å². The maximum atomic E-state index is 12.1. The van der Waals surface area contributed by atoms with Gasteiger partial charge in [0.2, 0.25) is 0 Å². The van der Waals surface area contributed by atoms with Gasteiger partial charge in [0.05, 0.1) is 0 Å². The maximum absolute atomic E-state index is 12.1. The summed E-state index contributed by atoms with van der Waals surface area (Å²) in [5.74, 6) is -2.27. The highest BCUT2D eigenvalue weighted by Crippen LogP contribution is 2.20. The first-order valence-electron chi connectivity index (χ1n) is 5.73. The molecule has 0 aliphatic heterocycles. The average Bonchev–Trinajstić information content (AvgIpc) is 2.23. The maximum Gasteiger partial charge on any atom is 0.314 e. The van der Waals surface area contributed by atoms with Gasteiger partial charge in [0, 0.05) is 5.56 Å². The van der Waals surface area contributed by atoms with Crippen molar-refractivity contribution in [2.45, 2.75) is 34.1 Å². The van der Waals surface area contributed by atoms with Crippen LogP contribution < -0.4 is 0 Å². The van der Waals surface area contributed by atoms with Crippen LogP contribution in [0.2, 0.25) is 0 Å². The molecule has 0 aliphatic rings. The molecule has 0 aliphatic carbocycles. The Balaban J connectivity index is 3.20. The number of carboxylic acids is 1. The van der Waals surface area contributed by atoms with Crippen molar-refractivity contribution >= 4 is 11.8 Å². The standard InChI is InChI=1S/C14H18O3/c1-5-11(14(16)17)13(15)12-7-9(3)8(2)6-10(12)4/h6-7,11H,5H2,1-4H3,(H,16,17). The van der Waals surface area contributed by atoms with Crippen LogP contribution in [0.4, 0.5) is 0 Å². The predicted octanol–water partition coefficient (Wildman–Crippen LogP) is 2.91. The van der Waals surface area contributed by atoms with Crippen LogP contribution in [0.15, 0.2) is 12.1 Å². The molecule has 1 aromatic carbocycles. The van der Waals surface area contributed by atoms with Gasteiger partial charge in [-0.3, -0.25) is 9.59 Å². The summed E-state index contributed by atoms with van der Waals surface area (Å²) in [6.07, 6.45) is 0.320. The highest BCUT2D eigenvalue weighted by atomic mass is 16.4. The summed E-state index contributed by atoms with van der Waals surface area (Å²) in [6, 6.07) is 3.72. The van der Waals surface area contributed by atoms with Crippen molar-refractivity contribution in [1.29, 1.82) is 0 Å². The lowest BCUT2D eigenvalue weighted by atomic mass is 9.90. The number of rotatable bonds is 4. The molecule has 1 unspecified atom stereocenters. The molecule has 92 valence electrons. The van der Waals surface area contributed by atoms with E-state index < -0.39 is 11.9 Å². The lowest BCUT2D eigenvalue weighted by Crippen LogP contribution is -2.24. The minimum absolute atomic E-state index is 0.291. The third-order valence-electron chi connectivity index (χ3n) is 3.13. The Morgan fingerprint density at radius 3 is 2.12 bits per heavy atom. The minimum Gasteiger partial charge on any atom is -0.481 e. The molecule has 0 aromatic heterocycles. The SMILES string of the molecule is CCC(C(=O)O)C(=O)c1cc(C)c(C)cc1C. The molecule has 1 rings (SSSR count). The van der Waals surface area contributed by atoms with Gasteiger partial charge in [-0.05, 0) is 49.9 Å². The molecule has 1 aromatic rings. The van der Waals surface area contributed by atoms with Crippen LogP contribution in [-0.2, 0) is 4.79 Å². The molecule has 3 heteroatoms. The molecular formula is C14H18O3. The summed E-state index contributed by atoms with van der Waals surface area (Å²) in [7, 11) is 0. The number of hydrogen-bond donors (Lipinski definition) is 1. The summed E-state index contributed by atoms with van der Waals surface area (Å²) < 4.78 is 0. The fourth-order valence-electron chi connectivity index (χ4n) is 1.89. The number of carboxylic acid groups (broad SMARTS) is 1. The van der Waals surface area contributed by atoms with Gasteiger partial charge in [-0.2, -0.15) is 0 Å². The number of aryl methyl sites for hydroxylation is 3. The van der Waals surface area contributed by atoms with Gasteiger partial charge >= 0.3 is 5.97 Å². The van der Waals surface area contributed by atoms with Crippen molar-refractivity contribution in [3.63, 3.8) is 0 Å². The molecule has 0 amide bonds. The van der Waals surface area contributed by atoms with Gasteiger partial charge < -0.3 is 5.11 Å². The summed E-state index contributed by atoms with van der Waals surface area (Å²) in [6.45, 7) is 7.46. The van der Waals surface area contributed by atoms with Crippen molar-refractivity contribution < 1.29 is 14.7 Å². The number of carbonyl (C=O) groups is 2. The van der Waals surface area contributed by atoms with Gasteiger partial charge in [-0.1, -0.05) is 13.0 Å². The Kier molecular flexibility index (Phi) is 4.05. The fourth-order valence-corrected chi connectivity index (χ4v) is 1.89. The predicted molar refractivity (Wildman–Crippen MR) is 66.4 cm³/mol. The second-order valence-corrected chi connectivity index (χ2v) is 4.41. The largest absolute Gasteiger partial charge is 0.481 e. The zero-order chi connectivity index (χ0) is 13.2. The van der Waals surface area contributed by atoms with E-state index in [4.69, 9.17) is 5.11 Å². The van der Waals surface area contributed by atoms with Crippen LogP contribution in [0.25, 0.3) is 0 Å². The van der Waals surface area contributed by atoms with Crippen molar-refractivity contribution in [3.8, 4) is 0 Å². The minimum atomic E-state index is -1.05. The molecule has 0 radical (unpaired) electrons. The van der Waals surface area contributed by atoms with Crippen LogP contribution >= 0.6 is 0 Å². The van der Waals surface area contributed by atoms with E-state index in [0.717, 1.165) is 16.7 Å². The first kappa shape index (κ1) is 13.4. The Morgan fingerprint density at radius 2 is 1.65 bits per heavy atom. The molecule has 0 saturated heterocycles. The van der Waals surface area contributed by atoms with Crippen LogP contribution in [0.5, 0.6) is 0 Å².